The van der Waals surface area contributed by atoms with Crippen LogP contribution in [0.25, 0.3) is 0 Å². The first-order valence-corrected chi connectivity index (χ1v) is 7.87. The van der Waals surface area contributed by atoms with Crippen LogP contribution in [0.3, 0.4) is 0 Å². The standard InChI is InChI=1S/C16H21N5O2/c1-19-7-3-4-14(16(19)23)21-9-11(10-21)18-15(22)13-6-5-12(8-17)20(13)2/h5-6,11,14H,3-4,7,9-10H2,1-2H3,(H,18,22). The zero-order chi connectivity index (χ0) is 16.6. The molecule has 0 radical (unpaired) electrons. The smallest absolute Gasteiger partial charge is 0.268 e. The predicted octanol–water partition coefficient (Wildman–Crippen LogP) is -0.0684. The van der Waals surface area contributed by atoms with Crippen molar-refractivity contribution in [3.05, 3.63) is 23.5 Å². The number of nitrogens with zero attached hydrogens (tertiary/aromatic N) is 4. The van der Waals surface area contributed by atoms with Crippen molar-refractivity contribution in [2.24, 2.45) is 7.05 Å². The van der Waals surface area contributed by atoms with Crippen molar-refractivity contribution in [3.63, 3.8) is 0 Å². The number of nitriles is 1. The Balaban J connectivity index is 1.54. The molecule has 0 bridgehead atoms. The van der Waals surface area contributed by atoms with E-state index in [0.717, 1.165) is 19.4 Å². The van der Waals surface area contributed by atoms with Gasteiger partial charge in [-0.1, -0.05) is 0 Å². The molecule has 3 heterocycles. The lowest BCUT2D eigenvalue weighted by Gasteiger charge is -2.46. The minimum atomic E-state index is -0.175. The molecule has 2 saturated heterocycles. The molecule has 7 heteroatoms. The largest absolute Gasteiger partial charge is 0.345 e. The molecule has 2 fully saturated rings. The molecule has 2 aliphatic heterocycles. The highest BCUT2D eigenvalue weighted by Gasteiger charge is 2.39. The highest BCUT2D eigenvalue weighted by Crippen LogP contribution is 2.21. The van der Waals surface area contributed by atoms with E-state index in [1.54, 1.807) is 28.6 Å². The van der Waals surface area contributed by atoms with Crippen molar-refractivity contribution < 1.29 is 9.59 Å². The third kappa shape index (κ3) is 2.82. The van der Waals surface area contributed by atoms with Gasteiger partial charge in [0.1, 0.15) is 17.5 Å². The summed E-state index contributed by atoms with van der Waals surface area (Å²) in [7, 11) is 3.55. The fourth-order valence-electron chi connectivity index (χ4n) is 3.32. The van der Waals surface area contributed by atoms with Crippen LogP contribution in [0.2, 0.25) is 0 Å². The maximum atomic E-state index is 12.3. The first-order chi connectivity index (χ1) is 11.0. The summed E-state index contributed by atoms with van der Waals surface area (Å²) in [6.45, 7) is 2.23. The monoisotopic (exact) mass is 315 g/mol. The van der Waals surface area contributed by atoms with Gasteiger partial charge in [-0.2, -0.15) is 5.26 Å². The molecule has 2 amide bonds. The van der Waals surface area contributed by atoms with Crippen molar-refractivity contribution in [1.82, 2.24) is 19.7 Å². The van der Waals surface area contributed by atoms with Crippen LogP contribution in [-0.4, -0.2) is 64.9 Å². The summed E-state index contributed by atoms with van der Waals surface area (Å²) in [4.78, 5) is 28.3. The van der Waals surface area contributed by atoms with Crippen LogP contribution in [0.15, 0.2) is 12.1 Å². The van der Waals surface area contributed by atoms with Gasteiger partial charge in [-0.25, -0.2) is 0 Å². The molecule has 0 aliphatic carbocycles. The topological polar surface area (TPSA) is 81.4 Å². The van der Waals surface area contributed by atoms with E-state index in [1.165, 1.54) is 0 Å². The Morgan fingerprint density at radius 1 is 1.35 bits per heavy atom. The number of rotatable bonds is 3. The Bertz CT molecular complexity index is 669. The Labute approximate surface area is 135 Å². The van der Waals surface area contributed by atoms with Gasteiger partial charge in [0.05, 0.1) is 12.1 Å². The summed E-state index contributed by atoms with van der Waals surface area (Å²) >= 11 is 0. The molecule has 23 heavy (non-hydrogen) atoms. The van der Waals surface area contributed by atoms with E-state index in [9.17, 15) is 9.59 Å². The normalized spacial score (nSPS) is 22.6. The maximum Gasteiger partial charge on any atom is 0.268 e. The van der Waals surface area contributed by atoms with Gasteiger partial charge in [-0.05, 0) is 25.0 Å². The number of hydrogen-bond donors (Lipinski definition) is 1. The Kier molecular flexibility index (Phi) is 4.09. The molecule has 1 unspecified atom stereocenters. The van der Waals surface area contributed by atoms with Gasteiger partial charge in [0.25, 0.3) is 5.91 Å². The van der Waals surface area contributed by atoms with E-state index in [-0.39, 0.29) is 23.9 Å². The summed E-state index contributed by atoms with van der Waals surface area (Å²) in [6.07, 6.45) is 1.92. The number of hydrogen-bond acceptors (Lipinski definition) is 4. The SMILES string of the molecule is CN1CCCC(N2CC(NC(=O)c3ccc(C#N)n3C)C2)C1=O. The number of likely N-dealkylation sites (tertiary alicyclic amines) is 2. The molecule has 0 saturated carbocycles. The number of carbonyl (C=O) groups excluding carboxylic acids is 2. The third-order valence-corrected chi connectivity index (χ3v) is 4.79. The molecule has 7 nitrogen and oxygen atoms in total. The van der Waals surface area contributed by atoms with Gasteiger partial charge in [0.15, 0.2) is 0 Å². The van der Waals surface area contributed by atoms with Crippen molar-refractivity contribution in [2.75, 3.05) is 26.7 Å². The lowest BCUT2D eigenvalue weighted by Crippen LogP contribution is -2.65. The number of likely N-dealkylation sites (N-methyl/N-ethyl adjacent to an activating group) is 1. The summed E-state index contributed by atoms with van der Waals surface area (Å²) in [5, 5.41) is 11.9. The minimum absolute atomic E-state index is 0.0397. The van der Waals surface area contributed by atoms with E-state index < -0.39 is 0 Å². The van der Waals surface area contributed by atoms with Gasteiger partial charge in [0, 0.05) is 33.7 Å². The fourth-order valence-corrected chi connectivity index (χ4v) is 3.32. The zero-order valence-corrected chi connectivity index (χ0v) is 13.5. The van der Waals surface area contributed by atoms with Crippen molar-refractivity contribution in [2.45, 2.75) is 24.9 Å². The third-order valence-electron chi connectivity index (χ3n) is 4.79. The Hall–Kier alpha value is -2.33. The number of piperidine rings is 1. The first kappa shape index (κ1) is 15.6. The Morgan fingerprint density at radius 3 is 2.74 bits per heavy atom. The van der Waals surface area contributed by atoms with Gasteiger partial charge in [0.2, 0.25) is 5.91 Å². The predicted molar refractivity (Wildman–Crippen MR) is 83.6 cm³/mol. The lowest BCUT2D eigenvalue weighted by molar-refractivity contribution is -0.141. The molecular weight excluding hydrogens is 294 g/mol. The molecular formula is C16H21N5O2. The van der Waals surface area contributed by atoms with Gasteiger partial charge in [-0.3, -0.25) is 14.5 Å². The van der Waals surface area contributed by atoms with Crippen molar-refractivity contribution >= 4 is 11.8 Å². The van der Waals surface area contributed by atoms with Crippen LogP contribution in [-0.2, 0) is 11.8 Å². The molecule has 1 atom stereocenters. The molecule has 0 spiro atoms. The second kappa shape index (κ2) is 6.05. The van der Waals surface area contributed by atoms with Gasteiger partial charge in [-0.15, -0.1) is 0 Å². The quantitative estimate of drug-likeness (QED) is 0.847. The first-order valence-electron chi connectivity index (χ1n) is 7.87. The molecule has 3 rings (SSSR count). The summed E-state index contributed by atoms with van der Waals surface area (Å²) in [6, 6.07) is 5.36. The molecule has 122 valence electrons. The molecule has 2 aliphatic rings. The number of aromatic nitrogens is 1. The highest BCUT2D eigenvalue weighted by atomic mass is 16.2. The van der Waals surface area contributed by atoms with Crippen LogP contribution in [0.5, 0.6) is 0 Å². The molecule has 0 aromatic carbocycles. The Morgan fingerprint density at radius 2 is 2.09 bits per heavy atom. The summed E-state index contributed by atoms with van der Waals surface area (Å²) in [5.74, 6) is 0.00728. The van der Waals surface area contributed by atoms with Gasteiger partial charge < -0.3 is 14.8 Å². The second-order valence-electron chi connectivity index (χ2n) is 6.32. The van der Waals surface area contributed by atoms with Crippen LogP contribution < -0.4 is 5.32 Å². The van der Waals surface area contributed by atoms with Gasteiger partial charge >= 0.3 is 0 Å². The van der Waals surface area contributed by atoms with E-state index in [1.807, 2.05) is 13.1 Å². The zero-order valence-electron chi connectivity index (χ0n) is 13.5. The van der Waals surface area contributed by atoms with E-state index in [0.29, 0.717) is 24.5 Å². The fraction of sp³-hybridized carbons (Fsp3) is 0.562. The second-order valence-corrected chi connectivity index (χ2v) is 6.32. The van der Waals surface area contributed by atoms with Crippen molar-refractivity contribution in [1.29, 1.82) is 5.26 Å². The van der Waals surface area contributed by atoms with E-state index in [2.05, 4.69) is 10.2 Å². The molecule has 1 aromatic rings. The van der Waals surface area contributed by atoms with Crippen LogP contribution >= 0.6 is 0 Å². The summed E-state index contributed by atoms with van der Waals surface area (Å²) < 4.78 is 1.59. The number of carbonyl (C=O) groups is 2. The van der Waals surface area contributed by atoms with E-state index >= 15 is 0 Å². The van der Waals surface area contributed by atoms with Crippen LogP contribution in [0.1, 0.15) is 29.0 Å². The molecule has 1 aromatic heterocycles. The number of nitrogens with one attached hydrogen (secondary N) is 1. The van der Waals surface area contributed by atoms with E-state index in [4.69, 9.17) is 5.26 Å². The average molecular weight is 315 g/mol. The number of amides is 2. The molecule has 1 N–H and O–H groups in total. The maximum absolute atomic E-state index is 12.3. The average Bonchev–Trinajstić information content (AvgIpc) is 2.86. The lowest BCUT2D eigenvalue weighted by atomic mass is 9.98. The van der Waals surface area contributed by atoms with Crippen LogP contribution in [0.4, 0.5) is 0 Å². The van der Waals surface area contributed by atoms with Crippen LogP contribution in [0, 0.1) is 11.3 Å². The summed E-state index contributed by atoms with van der Waals surface area (Å²) in [5.41, 5.74) is 0.940. The van der Waals surface area contributed by atoms with Crippen molar-refractivity contribution in [3.8, 4) is 6.07 Å². The minimum Gasteiger partial charge on any atom is -0.345 e. The highest BCUT2D eigenvalue weighted by molar-refractivity contribution is 5.93.